The zero-order valence-electron chi connectivity index (χ0n) is 7.19. The van der Waals surface area contributed by atoms with Crippen molar-refractivity contribution >= 4 is 0 Å². The van der Waals surface area contributed by atoms with Crippen molar-refractivity contribution in [1.29, 1.82) is 5.26 Å². The molecule has 1 aromatic rings. The van der Waals surface area contributed by atoms with Gasteiger partial charge in [0, 0.05) is 5.56 Å². The van der Waals surface area contributed by atoms with Crippen LogP contribution in [0.1, 0.15) is 16.7 Å². The van der Waals surface area contributed by atoms with Gasteiger partial charge < -0.3 is 0 Å². The largest absolute Gasteiger partial charge is 0.207 e. The van der Waals surface area contributed by atoms with Crippen LogP contribution in [0.25, 0.3) is 0 Å². The minimum atomic E-state index is -0.269. The van der Waals surface area contributed by atoms with E-state index in [2.05, 4.69) is 0 Å². The first-order chi connectivity index (χ1) is 5.65. The Morgan fingerprint density at radius 2 is 2.08 bits per heavy atom. The van der Waals surface area contributed by atoms with Gasteiger partial charge in [-0.15, -0.1) is 0 Å². The molecule has 0 aliphatic rings. The maximum absolute atomic E-state index is 13.1. The van der Waals surface area contributed by atoms with Crippen molar-refractivity contribution < 1.29 is 4.39 Å². The fourth-order valence-electron chi connectivity index (χ4n) is 1.25. The van der Waals surface area contributed by atoms with Crippen LogP contribution in [0.5, 0.6) is 0 Å². The fraction of sp³-hybridized carbons (Fsp3) is 0.300. The predicted molar refractivity (Wildman–Crippen MR) is 45.2 cm³/mol. The fourth-order valence-corrected chi connectivity index (χ4v) is 1.25. The molecule has 0 fully saturated rings. The van der Waals surface area contributed by atoms with Crippen molar-refractivity contribution in [2.75, 3.05) is 0 Å². The average molecular weight is 163 g/mol. The van der Waals surface area contributed by atoms with E-state index in [-0.39, 0.29) is 12.2 Å². The minimum Gasteiger partial charge on any atom is -0.207 e. The smallest absolute Gasteiger partial charge is 0.127 e. The molecular formula is C10H10FN. The van der Waals surface area contributed by atoms with Crippen molar-refractivity contribution in [3.63, 3.8) is 0 Å². The molecule has 1 nitrogen and oxygen atoms in total. The highest BCUT2D eigenvalue weighted by molar-refractivity contribution is 5.33. The van der Waals surface area contributed by atoms with Crippen LogP contribution in [-0.2, 0) is 6.42 Å². The summed E-state index contributed by atoms with van der Waals surface area (Å²) >= 11 is 0. The van der Waals surface area contributed by atoms with Crippen LogP contribution in [0.4, 0.5) is 4.39 Å². The summed E-state index contributed by atoms with van der Waals surface area (Å²) in [7, 11) is 0. The molecule has 0 aliphatic heterocycles. The van der Waals surface area contributed by atoms with E-state index >= 15 is 0 Å². The number of benzene rings is 1. The third kappa shape index (κ3) is 1.62. The van der Waals surface area contributed by atoms with E-state index in [1.807, 2.05) is 26.0 Å². The van der Waals surface area contributed by atoms with Gasteiger partial charge in [0.2, 0.25) is 0 Å². The van der Waals surface area contributed by atoms with E-state index in [0.717, 1.165) is 11.1 Å². The lowest BCUT2D eigenvalue weighted by molar-refractivity contribution is 0.612. The molecule has 0 aliphatic carbocycles. The number of hydrogen-bond donors (Lipinski definition) is 0. The average Bonchev–Trinajstić information content (AvgIpc) is 1.96. The molecule has 1 aromatic carbocycles. The maximum atomic E-state index is 13.1. The Hall–Kier alpha value is -1.36. The van der Waals surface area contributed by atoms with Crippen LogP contribution >= 0.6 is 0 Å². The number of halogens is 1. The molecule has 0 heterocycles. The first-order valence-electron chi connectivity index (χ1n) is 3.77. The van der Waals surface area contributed by atoms with Gasteiger partial charge in [-0.25, -0.2) is 4.39 Å². The quantitative estimate of drug-likeness (QED) is 0.624. The molecule has 0 bridgehead atoms. The highest BCUT2D eigenvalue weighted by Gasteiger charge is 2.05. The monoisotopic (exact) mass is 163 g/mol. The van der Waals surface area contributed by atoms with Gasteiger partial charge in [0.05, 0.1) is 12.5 Å². The van der Waals surface area contributed by atoms with Gasteiger partial charge in [0.1, 0.15) is 5.82 Å². The molecule has 0 aromatic heterocycles. The van der Waals surface area contributed by atoms with Gasteiger partial charge in [-0.1, -0.05) is 6.07 Å². The molecular weight excluding hydrogens is 153 g/mol. The molecule has 12 heavy (non-hydrogen) atoms. The van der Waals surface area contributed by atoms with Crippen molar-refractivity contribution in [1.82, 2.24) is 0 Å². The Labute approximate surface area is 71.4 Å². The first-order valence-corrected chi connectivity index (χ1v) is 3.77. The molecule has 0 spiro atoms. The SMILES string of the molecule is Cc1cc(C)c(CC#N)c(F)c1. The molecule has 1 rings (SSSR count). The number of nitriles is 1. The Morgan fingerprint density at radius 1 is 1.42 bits per heavy atom. The van der Waals surface area contributed by atoms with Gasteiger partial charge in [0.15, 0.2) is 0 Å². The summed E-state index contributed by atoms with van der Waals surface area (Å²) in [5, 5.41) is 8.42. The lowest BCUT2D eigenvalue weighted by Gasteiger charge is -2.04. The van der Waals surface area contributed by atoms with Gasteiger partial charge in [-0.05, 0) is 31.0 Å². The standard InChI is InChI=1S/C10H10FN/c1-7-5-8(2)9(3-4-12)10(11)6-7/h5-6H,3H2,1-2H3. The topological polar surface area (TPSA) is 23.8 Å². The normalized spacial score (nSPS) is 9.50. The van der Waals surface area contributed by atoms with E-state index in [1.165, 1.54) is 6.07 Å². The minimum absolute atomic E-state index is 0.151. The van der Waals surface area contributed by atoms with Crippen LogP contribution < -0.4 is 0 Å². The van der Waals surface area contributed by atoms with Crippen molar-refractivity contribution in [3.05, 3.63) is 34.6 Å². The number of aryl methyl sites for hydroxylation is 2. The van der Waals surface area contributed by atoms with Crippen LogP contribution in [0, 0.1) is 31.0 Å². The predicted octanol–water partition coefficient (Wildman–Crippen LogP) is 2.51. The van der Waals surface area contributed by atoms with Crippen LogP contribution in [0.15, 0.2) is 12.1 Å². The highest BCUT2D eigenvalue weighted by atomic mass is 19.1. The second-order valence-electron chi connectivity index (χ2n) is 2.88. The molecule has 0 N–H and O–H groups in total. The lowest BCUT2D eigenvalue weighted by Crippen LogP contribution is -1.94. The molecule has 0 saturated heterocycles. The van der Waals surface area contributed by atoms with Crippen molar-refractivity contribution in [3.8, 4) is 6.07 Å². The lowest BCUT2D eigenvalue weighted by atomic mass is 10.0. The Bertz CT molecular complexity index is 313. The summed E-state index contributed by atoms with van der Waals surface area (Å²) in [4.78, 5) is 0. The van der Waals surface area contributed by atoms with Crippen LogP contribution in [0.2, 0.25) is 0 Å². The number of rotatable bonds is 1. The van der Waals surface area contributed by atoms with Gasteiger partial charge >= 0.3 is 0 Å². The summed E-state index contributed by atoms with van der Waals surface area (Å²) in [5.41, 5.74) is 2.27. The second kappa shape index (κ2) is 3.36. The van der Waals surface area contributed by atoms with Crippen LogP contribution in [-0.4, -0.2) is 0 Å². The molecule has 0 atom stereocenters. The molecule has 0 amide bonds. The Balaban J connectivity index is 3.21. The van der Waals surface area contributed by atoms with E-state index in [9.17, 15) is 4.39 Å². The van der Waals surface area contributed by atoms with E-state index in [0.29, 0.717) is 5.56 Å². The van der Waals surface area contributed by atoms with Gasteiger partial charge in [-0.3, -0.25) is 0 Å². The summed E-state index contributed by atoms with van der Waals surface area (Å²) in [6.45, 7) is 3.66. The first kappa shape index (κ1) is 8.73. The third-order valence-electron chi connectivity index (χ3n) is 1.82. The summed E-state index contributed by atoms with van der Waals surface area (Å²) in [6.07, 6.45) is 0.151. The van der Waals surface area contributed by atoms with E-state index < -0.39 is 0 Å². The molecule has 0 radical (unpaired) electrons. The van der Waals surface area contributed by atoms with Crippen LogP contribution in [0.3, 0.4) is 0 Å². The Morgan fingerprint density at radius 3 is 2.58 bits per heavy atom. The molecule has 62 valence electrons. The maximum Gasteiger partial charge on any atom is 0.127 e. The summed E-state index contributed by atoms with van der Waals surface area (Å²) < 4.78 is 13.1. The summed E-state index contributed by atoms with van der Waals surface area (Å²) in [6, 6.07) is 5.29. The molecule has 0 unspecified atom stereocenters. The highest BCUT2D eigenvalue weighted by Crippen LogP contribution is 2.15. The molecule has 0 saturated carbocycles. The Kier molecular flexibility index (Phi) is 2.44. The van der Waals surface area contributed by atoms with Gasteiger partial charge in [0.25, 0.3) is 0 Å². The zero-order valence-corrected chi connectivity index (χ0v) is 7.19. The van der Waals surface area contributed by atoms with Crippen molar-refractivity contribution in [2.24, 2.45) is 0 Å². The number of hydrogen-bond acceptors (Lipinski definition) is 1. The second-order valence-corrected chi connectivity index (χ2v) is 2.88. The summed E-state index contributed by atoms with van der Waals surface area (Å²) in [5.74, 6) is -0.269. The number of nitrogens with zero attached hydrogens (tertiary/aromatic N) is 1. The van der Waals surface area contributed by atoms with Gasteiger partial charge in [-0.2, -0.15) is 5.26 Å². The van der Waals surface area contributed by atoms with E-state index in [1.54, 1.807) is 0 Å². The van der Waals surface area contributed by atoms with Crippen molar-refractivity contribution in [2.45, 2.75) is 20.3 Å². The van der Waals surface area contributed by atoms with E-state index in [4.69, 9.17) is 5.26 Å². The third-order valence-corrected chi connectivity index (χ3v) is 1.82. The molecule has 2 heteroatoms. The zero-order chi connectivity index (χ0) is 9.14.